The summed E-state index contributed by atoms with van der Waals surface area (Å²) in [5, 5.41) is 0. The Bertz CT molecular complexity index is 111. The van der Waals surface area contributed by atoms with E-state index in [1.54, 1.807) is 0 Å². The highest BCUT2D eigenvalue weighted by molar-refractivity contribution is 4.86. The molecule has 0 aromatic rings. The molecule has 1 fully saturated rings. The molecular weight excluding hydrogens is 138 g/mol. The highest BCUT2D eigenvalue weighted by atomic mass is 15.1. The number of hydrogen-bond donors (Lipinski definition) is 2. The number of nitrogens with zero attached hydrogens (tertiary/aromatic N) is 1. The van der Waals surface area contributed by atoms with Gasteiger partial charge in [-0.1, -0.05) is 0 Å². The first-order chi connectivity index (χ1) is 5.22. The van der Waals surface area contributed by atoms with E-state index in [0.29, 0.717) is 0 Å². The van der Waals surface area contributed by atoms with Gasteiger partial charge in [-0.05, 0) is 51.5 Å². The lowest BCUT2D eigenvalue weighted by molar-refractivity contribution is 0.136. The van der Waals surface area contributed by atoms with Gasteiger partial charge in [0.2, 0.25) is 0 Å². The van der Waals surface area contributed by atoms with Crippen LogP contribution in [0.15, 0.2) is 0 Å². The summed E-state index contributed by atoms with van der Waals surface area (Å²) in [5.41, 5.74) is 11.6. The van der Waals surface area contributed by atoms with E-state index in [0.717, 1.165) is 39.0 Å². The normalized spacial score (nSPS) is 25.4. The standard InChI is InChI=1S/C8H19N3/c1-11-4-2-8(6-9,7-10)3-5-11/h2-7,9-10H2,1H3. The topological polar surface area (TPSA) is 55.3 Å². The Morgan fingerprint density at radius 2 is 1.64 bits per heavy atom. The molecule has 0 aromatic heterocycles. The van der Waals surface area contributed by atoms with E-state index in [9.17, 15) is 0 Å². The molecule has 1 rings (SSSR count). The Hall–Kier alpha value is -0.120. The average molecular weight is 157 g/mol. The average Bonchev–Trinajstić information content (AvgIpc) is 2.07. The number of likely N-dealkylation sites (tertiary alicyclic amines) is 1. The van der Waals surface area contributed by atoms with Gasteiger partial charge in [0, 0.05) is 0 Å². The molecule has 0 aromatic carbocycles. The van der Waals surface area contributed by atoms with Crippen molar-refractivity contribution in [2.45, 2.75) is 12.8 Å². The van der Waals surface area contributed by atoms with Crippen molar-refractivity contribution in [2.24, 2.45) is 16.9 Å². The van der Waals surface area contributed by atoms with Crippen LogP contribution in [0, 0.1) is 5.41 Å². The fourth-order valence-electron chi connectivity index (χ4n) is 1.58. The molecule has 0 aliphatic carbocycles. The van der Waals surface area contributed by atoms with Gasteiger partial charge >= 0.3 is 0 Å². The van der Waals surface area contributed by atoms with Crippen LogP contribution in [-0.4, -0.2) is 38.1 Å². The minimum absolute atomic E-state index is 0.256. The third-order valence-electron chi connectivity index (χ3n) is 2.91. The SMILES string of the molecule is CN1CCC(CN)(CN)CC1. The summed E-state index contributed by atoms with van der Waals surface area (Å²) in [6, 6.07) is 0. The van der Waals surface area contributed by atoms with Crippen LogP contribution < -0.4 is 11.5 Å². The molecule has 0 spiro atoms. The zero-order valence-electron chi connectivity index (χ0n) is 7.34. The lowest BCUT2D eigenvalue weighted by Gasteiger charge is -2.38. The van der Waals surface area contributed by atoms with Crippen molar-refractivity contribution in [3.63, 3.8) is 0 Å². The molecule has 1 aliphatic rings. The smallest absolute Gasteiger partial charge is 0.000748 e. The number of hydrogen-bond acceptors (Lipinski definition) is 3. The van der Waals surface area contributed by atoms with Gasteiger partial charge < -0.3 is 16.4 Å². The van der Waals surface area contributed by atoms with Gasteiger partial charge in [-0.3, -0.25) is 0 Å². The first kappa shape index (κ1) is 8.97. The highest BCUT2D eigenvalue weighted by Crippen LogP contribution is 2.27. The Morgan fingerprint density at radius 1 is 1.18 bits per heavy atom. The molecule has 1 heterocycles. The Kier molecular flexibility index (Phi) is 2.87. The van der Waals surface area contributed by atoms with Crippen molar-refractivity contribution in [3.05, 3.63) is 0 Å². The van der Waals surface area contributed by atoms with Gasteiger partial charge in [-0.2, -0.15) is 0 Å². The van der Waals surface area contributed by atoms with E-state index >= 15 is 0 Å². The molecule has 3 heteroatoms. The van der Waals surface area contributed by atoms with E-state index in [2.05, 4.69) is 11.9 Å². The third kappa shape index (κ3) is 1.92. The molecule has 0 amide bonds. The predicted molar refractivity (Wildman–Crippen MR) is 47.3 cm³/mol. The van der Waals surface area contributed by atoms with Crippen LogP contribution >= 0.6 is 0 Å². The fraction of sp³-hybridized carbons (Fsp3) is 1.00. The minimum Gasteiger partial charge on any atom is -0.330 e. The summed E-state index contributed by atoms with van der Waals surface area (Å²) in [6.07, 6.45) is 2.33. The Balaban J connectivity index is 2.45. The van der Waals surface area contributed by atoms with Crippen LogP contribution in [0.5, 0.6) is 0 Å². The molecule has 1 aliphatic heterocycles. The van der Waals surface area contributed by atoms with Crippen LogP contribution in [0.2, 0.25) is 0 Å². The van der Waals surface area contributed by atoms with Gasteiger partial charge in [-0.25, -0.2) is 0 Å². The van der Waals surface area contributed by atoms with Crippen molar-refractivity contribution in [1.82, 2.24) is 4.90 Å². The second kappa shape index (κ2) is 3.52. The van der Waals surface area contributed by atoms with Crippen LogP contribution in [0.4, 0.5) is 0 Å². The second-order valence-electron chi connectivity index (χ2n) is 3.71. The van der Waals surface area contributed by atoms with Crippen molar-refractivity contribution in [2.75, 3.05) is 33.2 Å². The number of piperidine rings is 1. The zero-order chi connectivity index (χ0) is 8.32. The Morgan fingerprint density at radius 3 is 2.00 bits per heavy atom. The molecule has 11 heavy (non-hydrogen) atoms. The van der Waals surface area contributed by atoms with Crippen LogP contribution in [0.1, 0.15) is 12.8 Å². The summed E-state index contributed by atoms with van der Waals surface area (Å²) in [4.78, 5) is 2.34. The molecule has 1 saturated heterocycles. The van der Waals surface area contributed by atoms with Gasteiger partial charge in [0.15, 0.2) is 0 Å². The number of rotatable bonds is 2. The quantitative estimate of drug-likeness (QED) is 0.574. The van der Waals surface area contributed by atoms with Crippen molar-refractivity contribution in [1.29, 1.82) is 0 Å². The van der Waals surface area contributed by atoms with Gasteiger partial charge in [-0.15, -0.1) is 0 Å². The second-order valence-corrected chi connectivity index (χ2v) is 3.71. The summed E-state index contributed by atoms with van der Waals surface area (Å²) in [7, 11) is 2.15. The fourth-order valence-corrected chi connectivity index (χ4v) is 1.58. The maximum Gasteiger partial charge on any atom is -0.000748 e. The predicted octanol–water partition coefficient (Wildman–Crippen LogP) is -0.384. The van der Waals surface area contributed by atoms with Crippen molar-refractivity contribution < 1.29 is 0 Å². The first-order valence-corrected chi connectivity index (χ1v) is 4.31. The van der Waals surface area contributed by atoms with E-state index < -0.39 is 0 Å². The summed E-state index contributed by atoms with van der Waals surface area (Å²) < 4.78 is 0. The zero-order valence-corrected chi connectivity index (χ0v) is 7.34. The molecule has 66 valence electrons. The van der Waals surface area contributed by atoms with Crippen LogP contribution in [0.3, 0.4) is 0 Å². The van der Waals surface area contributed by atoms with E-state index in [4.69, 9.17) is 11.5 Å². The lowest BCUT2D eigenvalue weighted by atomic mass is 9.79. The molecule has 0 unspecified atom stereocenters. The molecule has 0 atom stereocenters. The highest BCUT2D eigenvalue weighted by Gasteiger charge is 2.30. The molecule has 0 saturated carbocycles. The van der Waals surface area contributed by atoms with Crippen molar-refractivity contribution in [3.8, 4) is 0 Å². The lowest BCUT2D eigenvalue weighted by Crippen LogP contribution is -2.46. The minimum atomic E-state index is 0.256. The van der Waals surface area contributed by atoms with E-state index in [1.807, 2.05) is 0 Å². The summed E-state index contributed by atoms with van der Waals surface area (Å²) in [5.74, 6) is 0. The van der Waals surface area contributed by atoms with Crippen LogP contribution in [0.25, 0.3) is 0 Å². The van der Waals surface area contributed by atoms with E-state index in [-0.39, 0.29) is 5.41 Å². The summed E-state index contributed by atoms with van der Waals surface area (Å²) in [6.45, 7) is 3.79. The molecular formula is C8H19N3. The van der Waals surface area contributed by atoms with Gasteiger partial charge in [0.05, 0.1) is 0 Å². The van der Waals surface area contributed by atoms with Gasteiger partial charge in [0.25, 0.3) is 0 Å². The Labute approximate surface area is 68.7 Å². The monoisotopic (exact) mass is 157 g/mol. The van der Waals surface area contributed by atoms with Crippen molar-refractivity contribution >= 4 is 0 Å². The van der Waals surface area contributed by atoms with Gasteiger partial charge in [0.1, 0.15) is 0 Å². The molecule has 3 nitrogen and oxygen atoms in total. The largest absolute Gasteiger partial charge is 0.330 e. The number of nitrogens with two attached hydrogens (primary N) is 2. The maximum atomic E-state index is 5.70. The maximum absolute atomic E-state index is 5.70. The van der Waals surface area contributed by atoms with E-state index in [1.165, 1.54) is 0 Å². The molecule has 0 bridgehead atoms. The van der Waals surface area contributed by atoms with Crippen LogP contribution in [-0.2, 0) is 0 Å². The first-order valence-electron chi connectivity index (χ1n) is 4.31. The third-order valence-corrected chi connectivity index (χ3v) is 2.91. The molecule has 0 radical (unpaired) electrons. The molecule has 4 N–H and O–H groups in total. The summed E-state index contributed by atoms with van der Waals surface area (Å²) >= 11 is 0.